The maximum Gasteiger partial charge on any atom is 0.187 e. The highest BCUT2D eigenvalue weighted by atomic mass is 16.7. The zero-order valence-corrected chi connectivity index (χ0v) is 15.8. The van der Waals surface area contributed by atoms with Gasteiger partial charge >= 0.3 is 0 Å². The third-order valence-corrected chi connectivity index (χ3v) is 4.40. The van der Waals surface area contributed by atoms with Gasteiger partial charge in [-0.15, -0.1) is 0 Å². The summed E-state index contributed by atoms with van der Waals surface area (Å²) in [5, 5.41) is 101. The van der Waals surface area contributed by atoms with E-state index in [0.29, 0.717) is 0 Å². The molecular weight excluding hydrogens is 420 g/mol. The topological polar surface area (TPSA) is 282 Å². The molecule has 2 saturated heterocycles. The Morgan fingerprint density at radius 3 is 1.63 bits per heavy atom. The van der Waals surface area contributed by atoms with E-state index in [-0.39, 0.29) is 18.7 Å². The first-order valence-corrected chi connectivity index (χ1v) is 8.79. The van der Waals surface area contributed by atoms with E-state index in [1.807, 2.05) is 0 Å². The first-order valence-electron chi connectivity index (χ1n) is 8.79. The van der Waals surface area contributed by atoms with Crippen molar-refractivity contribution in [1.82, 2.24) is 0 Å². The monoisotopic (exact) mass is 452 g/mol. The summed E-state index contributed by atoms with van der Waals surface area (Å²) in [7, 11) is 0. The van der Waals surface area contributed by atoms with Crippen molar-refractivity contribution in [3.63, 3.8) is 0 Å². The molecule has 2 heterocycles. The number of ether oxygens (including phenoxy) is 3. The molecule has 0 spiro atoms. The van der Waals surface area contributed by atoms with Crippen LogP contribution in [0.5, 0.6) is 0 Å². The SMILES string of the molecule is O.OCC(O)CO.OC[C@H]1O[C@@H](O[C@H]2[C@H](O)[C@@H](O)C(O)O[C@@H]2CO)[C@H](O)[C@@H](O)[C@H]1O. The molecule has 0 amide bonds. The van der Waals surface area contributed by atoms with Crippen LogP contribution in [0.1, 0.15) is 0 Å². The van der Waals surface area contributed by atoms with Gasteiger partial charge in [0.05, 0.1) is 26.4 Å². The van der Waals surface area contributed by atoms with E-state index in [4.69, 9.17) is 34.6 Å². The molecular formula is C15H32O15. The molecule has 0 saturated carbocycles. The van der Waals surface area contributed by atoms with Gasteiger partial charge in [-0.25, -0.2) is 0 Å². The number of rotatable bonds is 6. The minimum Gasteiger partial charge on any atom is -0.412 e. The van der Waals surface area contributed by atoms with Gasteiger partial charge in [0.25, 0.3) is 0 Å². The van der Waals surface area contributed by atoms with E-state index in [1.54, 1.807) is 0 Å². The standard InChI is InChI=1S/C12H22O11.C3H8O3.H2O/c13-1-3-5(15)6(16)9(19)12(22-3)23-10-4(2-14)21-11(20)8(18)7(10)17;4-1-3(6)2-5;/h3-20H,1-2H2;3-6H,1-2H2;1H2/t3-,4-,5+,6+,7-,8-,9-,10-,11?,12+;;/m1../s1. The van der Waals surface area contributed by atoms with Gasteiger partial charge in [0.1, 0.15) is 54.9 Å². The molecule has 30 heavy (non-hydrogen) atoms. The van der Waals surface area contributed by atoms with E-state index in [9.17, 15) is 35.7 Å². The minimum atomic E-state index is -1.74. The lowest BCUT2D eigenvalue weighted by Crippen LogP contribution is -2.64. The number of aliphatic hydroxyl groups is 11. The van der Waals surface area contributed by atoms with Crippen molar-refractivity contribution in [3.05, 3.63) is 0 Å². The largest absolute Gasteiger partial charge is 0.412 e. The van der Waals surface area contributed by atoms with Crippen LogP contribution in [0.25, 0.3) is 0 Å². The van der Waals surface area contributed by atoms with Crippen LogP contribution in [0.15, 0.2) is 0 Å². The fraction of sp³-hybridized carbons (Fsp3) is 1.00. The molecule has 0 radical (unpaired) electrons. The Bertz CT molecular complexity index is 448. The summed E-state index contributed by atoms with van der Waals surface area (Å²) in [6, 6.07) is 0. The zero-order valence-electron chi connectivity index (χ0n) is 15.8. The molecule has 2 fully saturated rings. The Labute approximate surface area is 170 Å². The Morgan fingerprint density at radius 1 is 0.667 bits per heavy atom. The molecule has 15 nitrogen and oxygen atoms in total. The summed E-state index contributed by atoms with van der Waals surface area (Å²) >= 11 is 0. The van der Waals surface area contributed by atoms with Crippen molar-refractivity contribution in [2.45, 2.75) is 67.5 Å². The van der Waals surface area contributed by atoms with Crippen LogP contribution in [0.2, 0.25) is 0 Å². The normalized spacial score (nSPS) is 41.6. The van der Waals surface area contributed by atoms with Gasteiger partial charge in [0.2, 0.25) is 0 Å². The van der Waals surface area contributed by atoms with E-state index in [1.165, 1.54) is 0 Å². The van der Waals surface area contributed by atoms with Crippen LogP contribution in [-0.2, 0) is 14.2 Å². The van der Waals surface area contributed by atoms with Crippen LogP contribution < -0.4 is 0 Å². The van der Waals surface area contributed by atoms with E-state index < -0.39 is 80.7 Å². The summed E-state index contributed by atoms with van der Waals surface area (Å²) in [4.78, 5) is 0. The second kappa shape index (κ2) is 13.7. The number of hydrogen-bond donors (Lipinski definition) is 11. The third kappa shape index (κ3) is 7.23. The van der Waals surface area contributed by atoms with Gasteiger partial charge in [0.15, 0.2) is 12.6 Å². The molecule has 0 aromatic heterocycles. The Balaban J connectivity index is 0.00000105. The molecule has 0 aromatic rings. The summed E-state index contributed by atoms with van der Waals surface area (Å²) in [6.45, 7) is -2.07. The van der Waals surface area contributed by atoms with Crippen molar-refractivity contribution < 1.29 is 75.9 Å². The summed E-state index contributed by atoms with van der Waals surface area (Å²) in [5.74, 6) is 0. The van der Waals surface area contributed by atoms with Crippen LogP contribution in [0.4, 0.5) is 0 Å². The van der Waals surface area contributed by atoms with Crippen molar-refractivity contribution in [3.8, 4) is 0 Å². The molecule has 1 unspecified atom stereocenters. The van der Waals surface area contributed by atoms with Gasteiger partial charge in [-0.1, -0.05) is 0 Å². The first kappa shape index (κ1) is 29.4. The molecule has 0 aliphatic carbocycles. The molecule has 0 aromatic carbocycles. The fourth-order valence-electron chi connectivity index (χ4n) is 2.63. The second-order valence-electron chi connectivity index (χ2n) is 6.55. The highest BCUT2D eigenvalue weighted by Crippen LogP contribution is 2.28. The first-order chi connectivity index (χ1) is 13.6. The summed E-state index contributed by atoms with van der Waals surface area (Å²) in [5.41, 5.74) is 0. The number of hydrogen-bond acceptors (Lipinski definition) is 14. The lowest BCUT2D eigenvalue weighted by molar-refractivity contribution is -0.355. The van der Waals surface area contributed by atoms with Gasteiger partial charge in [-0.05, 0) is 0 Å². The van der Waals surface area contributed by atoms with Gasteiger partial charge < -0.3 is 75.9 Å². The van der Waals surface area contributed by atoms with Gasteiger partial charge in [0, 0.05) is 0 Å². The van der Waals surface area contributed by atoms with E-state index >= 15 is 0 Å². The lowest BCUT2D eigenvalue weighted by atomic mass is 9.97. The Hall–Kier alpha value is -0.600. The van der Waals surface area contributed by atoms with E-state index in [0.717, 1.165) is 0 Å². The average Bonchev–Trinajstić information content (AvgIpc) is 2.73. The maximum absolute atomic E-state index is 9.94. The van der Waals surface area contributed by atoms with Crippen molar-refractivity contribution >= 4 is 0 Å². The van der Waals surface area contributed by atoms with Crippen molar-refractivity contribution in [2.75, 3.05) is 26.4 Å². The predicted octanol–water partition coefficient (Wildman–Crippen LogP) is -7.89. The van der Waals surface area contributed by atoms with Crippen LogP contribution in [-0.4, -0.2) is 156 Å². The molecule has 0 bridgehead atoms. The highest BCUT2D eigenvalue weighted by molar-refractivity contribution is 4.93. The summed E-state index contributed by atoms with van der Waals surface area (Å²) in [6.07, 6.45) is -16.5. The average molecular weight is 452 g/mol. The van der Waals surface area contributed by atoms with Crippen molar-refractivity contribution in [1.29, 1.82) is 0 Å². The van der Waals surface area contributed by atoms with E-state index in [2.05, 4.69) is 0 Å². The zero-order chi connectivity index (χ0) is 22.3. The van der Waals surface area contributed by atoms with Crippen LogP contribution in [0, 0.1) is 0 Å². The highest BCUT2D eigenvalue weighted by Gasteiger charge is 2.50. The minimum absolute atomic E-state index is 0. The predicted molar refractivity (Wildman–Crippen MR) is 92.4 cm³/mol. The molecule has 2 aliphatic heterocycles. The summed E-state index contributed by atoms with van der Waals surface area (Å²) < 4.78 is 15.3. The number of aliphatic hydroxyl groups excluding tert-OH is 11. The maximum atomic E-state index is 9.94. The van der Waals surface area contributed by atoms with Crippen LogP contribution in [0.3, 0.4) is 0 Å². The molecule has 15 heteroatoms. The third-order valence-electron chi connectivity index (χ3n) is 4.40. The van der Waals surface area contributed by atoms with Crippen molar-refractivity contribution in [2.24, 2.45) is 0 Å². The Kier molecular flexibility index (Phi) is 13.5. The van der Waals surface area contributed by atoms with Gasteiger partial charge in [-0.3, -0.25) is 0 Å². The quantitative estimate of drug-likeness (QED) is 0.178. The fourth-order valence-corrected chi connectivity index (χ4v) is 2.63. The molecule has 10 atom stereocenters. The Morgan fingerprint density at radius 2 is 1.20 bits per heavy atom. The second-order valence-corrected chi connectivity index (χ2v) is 6.55. The molecule has 2 rings (SSSR count). The smallest absolute Gasteiger partial charge is 0.187 e. The molecule has 13 N–H and O–H groups in total. The molecule has 182 valence electrons. The lowest BCUT2D eigenvalue weighted by Gasteiger charge is -2.45. The van der Waals surface area contributed by atoms with Crippen LogP contribution >= 0.6 is 0 Å². The molecule has 2 aliphatic rings. The van der Waals surface area contributed by atoms with Gasteiger partial charge in [-0.2, -0.15) is 0 Å².